The molecule has 0 saturated heterocycles. The van der Waals surface area contributed by atoms with Crippen LogP contribution in [-0.2, 0) is 0 Å². The molecule has 106 valence electrons. The van der Waals surface area contributed by atoms with Crippen molar-refractivity contribution in [3.63, 3.8) is 0 Å². The number of nitrogens with zero attached hydrogens (tertiary/aromatic N) is 1. The van der Waals surface area contributed by atoms with Crippen LogP contribution in [0.3, 0.4) is 0 Å². The molecule has 1 aliphatic carbocycles. The quantitative estimate of drug-likeness (QED) is 0.911. The molecule has 1 saturated carbocycles. The van der Waals surface area contributed by atoms with Gasteiger partial charge in [0.05, 0.1) is 10.4 Å². The summed E-state index contributed by atoms with van der Waals surface area (Å²) < 4.78 is 1.72. The first-order valence-electron chi connectivity index (χ1n) is 6.74. The minimum absolute atomic E-state index is 0.0363. The highest BCUT2D eigenvalue weighted by Gasteiger charge is 2.40. The molecule has 1 fully saturated rings. The number of fused-ring (bicyclic) bond motifs is 1. The largest absolute Gasteiger partial charge is 0.396 e. The van der Waals surface area contributed by atoms with Crippen LogP contribution in [-0.4, -0.2) is 16.3 Å². The second-order valence-corrected chi connectivity index (χ2v) is 5.89. The predicted octanol–water partition coefficient (Wildman–Crippen LogP) is 2.23. The Kier molecular flexibility index (Phi) is 3.32. The molecule has 0 radical (unpaired) electrons. The number of aliphatic hydroxyl groups is 1. The fourth-order valence-corrected chi connectivity index (χ4v) is 3.05. The van der Waals surface area contributed by atoms with E-state index in [9.17, 15) is 9.90 Å². The maximum absolute atomic E-state index is 12.8. The highest BCUT2D eigenvalue weighted by Crippen LogP contribution is 2.43. The topological polar surface area (TPSA) is 68.2 Å². The first kappa shape index (κ1) is 13.6. The lowest BCUT2D eigenvalue weighted by molar-refractivity contribution is 0.268. The average Bonchev–Trinajstić information content (AvgIpc) is 3.17. The lowest BCUT2D eigenvalue weighted by Crippen LogP contribution is -2.27. The van der Waals surface area contributed by atoms with Gasteiger partial charge in [0.2, 0.25) is 0 Å². The van der Waals surface area contributed by atoms with E-state index >= 15 is 0 Å². The summed E-state index contributed by atoms with van der Waals surface area (Å²) in [4.78, 5) is 12.8. The Balaban J connectivity index is 2.31. The molecule has 1 heterocycles. The zero-order valence-corrected chi connectivity index (χ0v) is 12.0. The maximum Gasteiger partial charge on any atom is 0.260 e. The number of benzene rings is 1. The highest BCUT2D eigenvalue weighted by molar-refractivity contribution is 6.35. The summed E-state index contributed by atoms with van der Waals surface area (Å²) >= 11 is 6.17. The third-order valence-corrected chi connectivity index (χ3v) is 4.29. The molecular weight excluding hydrogens is 276 g/mol. The Morgan fingerprint density at radius 2 is 2.30 bits per heavy atom. The number of halogens is 1. The van der Waals surface area contributed by atoms with Gasteiger partial charge in [-0.1, -0.05) is 23.7 Å². The Morgan fingerprint density at radius 3 is 2.90 bits per heavy atom. The lowest BCUT2D eigenvalue weighted by Gasteiger charge is -2.17. The summed E-state index contributed by atoms with van der Waals surface area (Å²) in [5.74, 6) is 0.144. The van der Waals surface area contributed by atoms with Crippen molar-refractivity contribution < 1.29 is 5.11 Å². The van der Waals surface area contributed by atoms with E-state index in [1.807, 2.05) is 25.1 Å². The van der Waals surface area contributed by atoms with Gasteiger partial charge in [0.1, 0.15) is 0 Å². The molecule has 20 heavy (non-hydrogen) atoms. The van der Waals surface area contributed by atoms with E-state index in [0.717, 1.165) is 17.5 Å². The van der Waals surface area contributed by atoms with Crippen molar-refractivity contribution >= 4 is 22.4 Å². The summed E-state index contributed by atoms with van der Waals surface area (Å²) in [6.07, 6.45) is 0.812. The maximum atomic E-state index is 12.8. The van der Waals surface area contributed by atoms with Crippen molar-refractivity contribution in [1.29, 1.82) is 0 Å². The Hall–Kier alpha value is -1.36. The van der Waals surface area contributed by atoms with Crippen molar-refractivity contribution in [2.75, 3.05) is 6.61 Å². The van der Waals surface area contributed by atoms with Gasteiger partial charge in [0, 0.05) is 30.3 Å². The number of aliphatic hydroxyl groups excluding tert-OH is 1. The second-order valence-electron chi connectivity index (χ2n) is 5.48. The van der Waals surface area contributed by atoms with Crippen molar-refractivity contribution in [1.82, 2.24) is 4.57 Å². The molecule has 0 bridgehead atoms. The minimum atomic E-state index is -0.244. The van der Waals surface area contributed by atoms with Crippen LogP contribution < -0.4 is 11.3 Å². The van der Waals surface area contributed by atoms with E-state index in [1.54, 1.807) is 10.6 Å². The minimum Gasteiger partial charge on any atom is -0.396 e. The van der Waals surface area contributed by atoms with Crippen LogP contribution in [0.4, 0.5) is 0 Å². The third-order valence-electron chi connectivity index (χ3n) is 3.98. The van der Waals surface area contributed by atoms with Crippen LogP contribution in [0.5, 0.6) is 0 Å². The van der Waals surface area contributed by atoms with E-state index < -0.39 is 0 Å². The van der Waals surface area contributed by atoms with Gasteiger partial charge in [-0.25, -0.2) is 0 Å². The fourth-order valence-electron chi connectivity index (χ4n) is 2.79. The zero-order valence-electron chi connectivity index (χ0n) is 11.2. The molecule has 1 aromatic heterocycles. The molecule has 1 aromatic carbocycles. The van der Waals surface area contributed by atoms with Crippen LogP contribution in [0.2, 0.25) is 5.02 Å². The number of pyridine rings is 1. The summed E-state index contributed by atoms with van der Waals surface area (Å²) in [6.45, 7) is 1.95. The summed E-state index contributed by atoms with van der Waals surface area (Å²) in [7, 11) is 0. The number of hydrogen-bond acceptors (Lipinski definition) is 3. The second kappa shape index (κ2) is 4.88. The molecule has 3 atom stereocenters. The van der Waals surface area contributed by atoms with Gasteiger partial charge in [-0.2, -0.15) is 0 Å². The summed E-state index contributed by atoms with van der Waals surface area (Å²) in [6, 6.07) is 7.14. The number of rotatable bonds is 3. The molecule has 0 amide bonds. The Bertz CT molecular complexity index is 724. The third kappa shape index (κ3) is 2.04. The first-order chi connectivity index (χ1) is 9.54. The highest BCUT2D eigenvalue weighted by atomic mass is 35.5. The lowest BCUT2D eigenvalue weighted by atomic mass is 10.1. The van der Waals surface area contributed by atoms with Crippen LogP contribution in [0, 0.1) is 5.92 Å². The molecule has 1 aliphatic rings. The van der Waals surface area contributed by atoms with Crippen LogP contribution >= 0.6 is 11.6 Å². The van der Waals surface area contributed by atoms with Crippen LogP contribution in [0.1, 0.15) is 31.1 Å². The predicted molar refractivity (Wildman–Crippen MR) is 80.1 cm³/mol. The molecule has 0 spiro atoms. The van der Waals surface area contributed by atoms with E-state index in [-0.39, 0.29) is 30.2 Å². The van der Waals surface area contributed by atoms with Gasteiger partial charge in [-0.05, 0) is 30.9 Å². The molecule has 2 aromatic rings. The monoisotopic (exact) mass is 292 g/mol. The van der Waals surface area contributed by atoms with Gasteiger partial charge >= 0.3 is 0 Å². The summed E-state index contributed by atoms with van der Waals surface area (Å²) in [5, 5.41) is 11.1. The van der Waals surface area contributed by atoms with Crippen molar-refractivity contribution in [2.24, 2.45) is 11.7 Å². The number of aromatic nitrogens is 1. The van der Waals surface area contributed by atoms with Crippen LogP contribution in [0.25, 0.3) is 10.8 Å². The smallest absolute Gasteiger partial charge is 0.260 e. The molecule has 3 N–H and O–H groups in total. The zero-order chi connectivity index (χ0) is 14.4. The first-order valence-corrected chi connectivity index (χ1v) is 7.12. The molecule has 3 rings (SSSR count). The van der Waals surface area contributed by atoms with Gasteiger partial charge in [-0.15, -0.1) is 0 Å². The molecule has 2 unspecified atom stereocenters. The molecule has 0 aliphatic heterocycles. The van der Waals surface area contributed by atoms with E-state index in [4.69, 9.17) is 17.3 Å². The standard InChI is InChI=1S/C15H17ClN2O2/c1-8(17)12-5-9-3-2-4-11(16)14(9)15(20)18(12)13-6-10(13)7-19/h2-5,8,10,13,19H,6-7,17H2,1H3/t8-,10?,13?/m0/s1. The normalized spacial score (nSPS) is 23.0. The van der Waals surface area contributed by atoms with E-state index in [2.05, 4.69) is 0 Å². The van der Waals surface area contributed by atoms with Crippen LogP contribution in [0.15, 0.2) is 29.1 Å². The van der Waals surface area contributed by atoms with E-state index in [0.29, 0.717) is 10.4 Å². The Morgan fingerprint density at radius 1 is 1.55 bits per heavy atom. The summed E-state index contributed by atoms with van der Waals surface area (Å²) in [5.41, 5.74) is 6.70. The van der Waals surface area contributed by atoms with E-state index in [1.165, 1.54) is 0 Å². The Labute approximate surface area is 121 Å². The van der Waals surface area contributed by atoms with Gasteiger partial charge in [-0.3, -0.25) is 4.79 Å². The van der Waals surface area contributed by atoms with Crippen molar-refractivity contribution in [3.8, 4) is 0 Å². The SMILES string of the molecule is C[C@H](N)c1cc2cccc(Cl)c2c(=O)n1C1CC1CO. The molecular formula is C15H17ClN2O2. The molecule has 5 heteroatoms. The van der Waals surface area contributed by atoms with Gasteiger partial charge < -0.3 is 15.4 Å². The fraction of sp³-hybridized carbons (Fsp3) is 0.400. The average molecular weight is 293 g/mol. The molecule has 4 nitrogen and oxygen atoms in total. The van der Waals surface area contributed by atoms with Gasteiger partial charge in [0.25, 0.3) is 5.56 Å². The van der Waals surface area contributed by atoms with Gasteiger partial charge in [0.15, 0.2) is 0 Å². The van der Waals surface area contributed by atoms with Crippen molar-refractivity contribution in [2.45, 2.75) is 25.4 Å². The van der Waals surface area contributed by atoms with Crippen molar-refractivity contribution in [3.05, 3.63) is 45.3 Å². The number of hydrogen-bond donors (Lipinski definition) is 2. The number of nitrogens with two attached hydrogens (primary N) is 1.